The van der Waals surface area contributed by atoms with Crippen LogP contribution in [0.5, 0.6) is 17.2 Å². The van der Waals surface area contributed by atoms with E-state index in [1.54, 1.807) is 133 Å². The van der Waals surface area contributed by atoms with Crippen molar-refractivity contribution in [3.8, 4) is 17.2 Å². The van der Waals surface area contributed by atoms with Crippen molar-refractivity contribution in [3.63, 3.8) is 0 Å². The van der Waals surface area contributed by atoms with E-state index in [9.17, 15) is 72.2 Å². The Morgan fingerprint density at radius 1 is 0.423 bits per heavy atom. The number of aryl methyl sites for hydroxylation is 3. The van der Waals surface area contributed by atoms with Crippen LogP contribution in [0.3, 0.4) is 0 Å². The number of benzene rings is 3. The second-order valence-corrected chi connectivity index (χ2v) is 33.2. The fraction of sp³-hybridized carbons (Fsp3) is 0.500. The van der Waals surface area contributed by atoms with Gasteiger partial charge in [0, 0.05) is 35.3 Å². The molecule has 3 fully saturated rings. The molecule has 111 heavy (non-hydrogen) atoms. The summed E-state index contributed by atoms with van der Waals surface area (Å²) in [4.78, 5) is 126. The number of ether oxygens (including phenoxy) is 6. The number of esters is 3. The van der Waals surface area contributed by atoms with Gasteiger partial charge in [-0.15, -0.1) is 0 Å². The summed E-state index contributed by atoms with van der Waals surface area (Å²) in [7, 11) is -12.0. The predicted molar refractivity (Wildman–Crippen MR) is 397 cm³/mol. The first-order chi connectivity index (χ1) is 52.3. The number of rotatable bonds is 30. The molecule has 0 amide bonds. The lowest BCUT2D eigenvalue weighted by Gasteiger charge is -2.24. The SMILES string of the molecule is [C-]#[N+][C@@H]1C(O)[C@H](COP(=O)(C[C@@H](C)C(=O)OC(C)C)Oc2ccccc2)O[C@@H]1n1cc(C)c(=O)[nH]c1=O.[C-]#[N+][C@@H]1C(O)[C@H](CO[P@@](=O)(C[C@@H](C)C(=O)OC(C)C)Oc2ccccc2)O[C@@H]1n1cc(C)c(=O)[nH]c1=O.[C-]#[N+][C@@H]1C(O)[C@H](CO[P@](=O)(C[C@@H](C)C(=O)OC(C)C)Oc2ccccc2)O[C@@H]1n1cc(C)c(=O)[nH]c1=O. The Morgan fingerprint density at radius 2 is 0.649 bits per heavy atom. The molecule has 3 aromatic carbocycles. The fourth-order valence-electron chi connectivity index (χ4n) is 11.1. The zero-order chi connectivity index (χ0) is 82.0. The summed E-state index contributed by atoms with van der Waals surface area (Å²) in [6.07, 6.45) is -9.69. The van der Waals surface area contributed by atoms with E-state index in [1.807, 2.05) is 0 Å². The third-order valence-corrected chi connectivity index (χ3v) is 22.8. The van der Waals surface area contributed by atoms with Gasteiger partial charge in [0.2, 0.25) is 18.7 Å². The fourth-order valence-corrected chi connectivity index (χ4v) is 16.8. The number of H-pyrrole nitrogens is 3. The summed E-state index contributed by atoms with van der Waals surface area (Å²) >= 11 is 0. The normalized spacial score (nSPS) is 23.7. The minimum Gasteiger partial charge on any atom is -0.463 e. The molecule has 600 valence electrons. The molecule has 3 aliphatic rings. The predicted octanol–water partition coefficient (Wildman–Crippen LogP) is 6.80. The molecule has 6 heterocycles. The molecule has 6 N–H and O–H groups in total. The van der Waals surface area contributed by atoms with E-state index in [1.165, 1.54) is 60.1 Å². The van der Waals surface area contributed by atoms with Gasteiger partial charge in [-0.1, -0.05) is 75.4 Å². The molecular weight excluding hydrogens is 1520 g/mol. The van der Waals surface area contributed by atoms with E-state index in [4.69, 9.17) is 75.3 Å². The Bertz CT molecular complexity index is 4380. The van der Waals surface area contributed by atoms with Crippen LogP contribution < -0.4 is 47.3 Å². The topological polar surface area (TPSA) is 452 Å². The highest BCUT2D eigenvalue weighted by atomic mass is 31.2. The Labute approximate surface area is 636 Å². The van der Waals surface area contributed by atoms with Crippen LogP contribution in [-0.4, -0.2) is 173 Å². The Balaban J connectivity index is 0.000000231. The first kappa shape index (κ1) is 88.5. The van der Waals surface area contributed by atoms with Crippen LogP contribution in [0.15, 0.2) is 138 Å². The molecule has 0 saturated carbocycles. The van der Waals surface area contributed by atoms with Crippen molar-refractivity contribution >= 4 is 40.7 Å². The first-order valence-electron chi connectivity index (χ1n) is 34.9. The van der Waals surface area contributed by atoms with E-state index in [0.717, 1.165) is 13.7 Å². The molecule has 3 saturated heterocycles. The second kappa shape index (κ2) is 39.5. The molecule has 3 aromatic heterocycles. The molecule has 0 spiro atoms. The highest BCUT2D eigenvalue weighted by molar-refractivity contribution is 7.55. The van der Waals surface area contributed by atoms with E-state index in [-0.39, 0.29) is 70.7 Å². The quantitative estimate of drug-likeness (QED) is 0.0117. The third-order valence-electron chi connectivity index (χ3n) is 16.7. The number of aliphatic hydroxyl groups is 3. The van der Waals surface area contributed by atoms with Crippen LogP contribution in [0.25, 0.3) is 14.5 Å². The summed E-state index contributed by atoms with van der Waals surface area (Å²) in [6, 6.07) is 21.1. The molecule has 3 aliphatic heterocycles. The summed E-state index contributed by atoms with van der Waals surface area (Å²) in [5, 5.41) is 32.2. The molecule has 0 bridgehead atoms. The summed E-state index contributed by atoms with van der Waals surface area (Å²) in [5.74, 6) is -3.50. The molecule has 0 aliphatic carbocycles. The van der Waals surface area contributed by atoms with Gasteiger partial charge in [-0.25, -0.2) is 47.8 Å². The molecule has 9 rings (SSSR count). The van der Waals surface area contributed by atoms with E-state index in [2.05, 4.69) is 29.5 Å². The lowest BCUT2D eigenvalue weighted by molar-refractivity contribution is -0.152. The number of hydrogen-bond donors (Lipinski definition) is 6. The first-order valence-corrected chi connectivity index (χ1v) is 40.1. The van der Waals surface area contributed by atoms with Crippen LogP contribution in [0, 0.1) is 58.2 Å². The lowest BCUT2D eigenvalue weighted by atomic mass is 10.1. The highest BCUT2D eigenvalue weighted by Crippen LogP contribution is 2.54. The van der Waals surface area contributed by atoms with Gasteiger partial charge in [-0.3, -0.25) is 71.0 Å². The molecule has 39 heteroatoms. The van der Waals surface area contributed by atoms with Gasteiger partial charge in [0.25, 0.3) is 34.8 Å². The van der Waals surface area contributed by atoms with Gasteiger partial charge in [0.15, 0.2) is 18.3 Å². The average Bonchev–Trinajstić information content (AvgIpc) is 1.65. The molecule has 18 atom stereocenters. The number of aromatic nitrogens is 6. The molecular formula is C72H90N9O27P3. The number of para-hydroxylation sites is 3. The van der Waals surface area contributed by atoms with Gasteiger partial charge in [0.1, 0.15) is 35.6 Å². The van der Waals surface area contributed by atoms with Crippen LogP contribution in [0.2, 0.25) is 0 Å². The van der Waals surface area contributed by atoms with E-state index >= 15 is 0 Å². The van der Waals surface area contributed by atoms with Crippen molar-refractivity contribution in [1.82, 2.24) is 28.7 Å². The molecule has 36 nitrogen and oxygen atoms in total. The minimum atomic E-state index is -4.00. The summed E-state index contributed by atoms with van der Waals surface area (Å²) in [5.41, 5.74) is -3.53. The number of carbonyl (C=O) groups excluding carboxylic acids is 3. The highest BCUT2D eigenvalue weighted by Gasteiger charge is 2.54. The molecule has 6 aromatic rings. The standard InChI is InChI=1S/3C24H30N3O9P/c3*1-14(2)34-23(30)16(4)13-37(32,36-17-9-7-6-8-10-17)33-12-18-20(28)19(25-5)22(35-18)27-11-15(3)21(29)26-24(27)31/h3*6-11,14,16,18-20,22,28H,12-13H2,1-4H3,(H,26,29,31)/t16-,18+,19-,20?,22+,37?;16-,18+,19-,20?,22+,37+;16-,18+,19-,20?,22+,37-/m111/s1. The zero-order valence-electron chi connectivity index (χ0n) is 62.7. The number of aromatic amines is 3. The second-order valence-electron chi connectivity index (χ2n) is 27.1. The number of nitrogens with one attached hydrogen (secondary N) is 3. The van der Waals surface area contributed by atoms with Gasteiger partial charge in [0.05, 0.1) is 74.4 Å². The van der Waals surface area contributed by atoms with Gasteiger partial charge in [-0.2, -0.15) is 0 Å². The third kappa shape index (κ3) is 24.2. The largest absolute Gasteiger partial charge is 0.463 e. The molecule has 0 radical (unpaired) electrons. The van der Waals surface area contributed by atoms with Crippen molar-refractivity contribution in [2.75, 3.05) is 38.3 Å². The summed E-state index contributed by atoms with van der Waals surface area (Å²) < 4.78 is 111. The van der Waals surface area contributed by atoms with Crippen molar-refractivity contribution < 1.29 is 99.0 Å². The van der Waals surface area contributed by atoms with Gasteiger partial charge >= 0.3 is 57.8 Å². The van der Waals surface area contributed by atoms with Crippen LogP contribution >= 0.6 is 22.8 Å². The minimum absolute atomic E-state index is 0.212. The van der Waals surface area contributed by atoms with Crippen LogP contribution in [-0.2, 0) is 70.1 Å². The maximum Gasteiger partial charge on any atom is 0.380 e. The zero-order valence-corrected chi connectivity index (χ0v) is 65.4. The van der Waals surface area contributed by atoms with Crippen molar-refractivity contribution in [2.24, 2.45) is 17.8 Å². The van der Waals surface area contributed by atoms with Crippen molar-refractivity contribution in [3.05, 3.63) is 223 Å². The maximum absolute atomic E-state index is 13.7. The monoisotopic (exact) mass is 1610 g/mol. The average molecular weight is 1610 g/mol. The Kier molecular flexibility index (Phi) is 31.5. The van der Waals surface area contributed by atoms with Crippen LogP contribution in [0.1, 0.15) is 97.7 Å². The lowest BCUT2D eigenvalue weighted by Crippen LogP contribution is -2.37. The smallest absolute Gasteiger partial charge is 0.380 e. The maximum atomic E-state index is 13.7. The molecule has 4 unspecified atom stereocenters. The van der Waals surface area contributed by atoms with E-state index in [0.29, 0.717) is 0 Å². The van der Waals surface area contributed by atoms with Gasteiger partial charge < -0.3 is 71.8 Å². The Hall–Kier alpha value is -9.69. The number of hydrogen-bond acceptors (Lipinski definition) is 27. The number of aliphatic hydroxyl groups excluding tert-OH is 3. The number of carbonyl (C=O) groups is 3. The Morgan fingerprint density at radius 3 is 0.856 bits per heavy atom. The van der Waals surface area contributed by atoms with Crippen molar-refractivity contribution in [1.29, 1.82) is 0 Å². The van der Waals surface area contributed by atoms with Gasteiger partial charge in [-0.05, 0) is 98.7 Å². The van der Waals surface area contributed by atoms with Crippen molar-refractivity contribution in [2.45, 2.75) is 175 Å². The number of nitrogens with zero attached hydrogens (tertiary/aromatic N) is 6. The summed E-state index contributed by atoms with van der Waals surface area (Å²) in [6.45, 7) is 40.3. The van der Waals surface area contributed by atoms with Crippen LogP contribution in [0.4, 0.5) is 0 Å². The van der Waals surface area contributed by atoms with E-state index < -0.39 is 185 Å².